The van der Waals surface area contributed by atoms with E-state index in [1.54, 1.807) is 0 Å². The summed E-state index contributed by atoms with van der Waals surface area (Å²) in [7, 11) is 0. The van der Waals surface area contributed by atoms with Crippen LogP contribution < -0.4 is 0 Å². The molecule has 0 atom stereocenters. The third kappa shape index (κ3) is 2.61. The first-order chi connectivity index (χ1) is 5.72. The predicted molar refractivity (Wildman–Crippen MR) is 52.5 cm³/mol. The molecule has 0 aromatic heterocycles. The fourth-order valence-electron chi connectivity index (χ4n) is 1.39. The Morgan fingerprint density at radius 3 is 2.67 bits per heavy atom. The fraction of sp³-hybridized carbons (Fsp3) is 0.600. The van der Waals surface area contributed by atoms with Gasteiger partial charge >= 0.3 is 0 Å². The Morgan fingerprint density at radius 2 is 2.08 bits per heavy atom. The van der Waals surface area contributed by atoms with Gasteiger partial charge in [0, 0.05) is 25.5 Å². The minimum Gasteiger partial charge on any atom is -0.358 e. The molecule has 68 valence electrons. The molecule has 0 bridgehead atoms. The van der Waals surface area contributed by atoms with E-state index in [-0.39, 0.29) is 0 Å². The highest BCUT2D eigenvalue weighted by atomic mass is 15.3. The number of nitrogens with zero attached hydrogens (tertiary/aromatic N) is 2. The molecule has 0 aromatic carbocycles. The zero-order valence-electron chi connectivity index (χ0n) is 8.03. The second-order valence-electron chi connectivity index (χ2n) is 3.66. The minimum atomic E-state index is 0.735. The van der Waals surface area contributed by atoms with Gasteiger partial charge in [-0.25, -0.2) is 0 Å². The van der Waals surface area contributed by atoms with Gasteiger partial charge in [0.15, 0.2) is 0 Å². The molecule has 0 fully saturated rings. The van der Waals surface area contributed by atoms with E-state index >= 15 is 0 Å². The first-order valence-electron chi connectivity index (χ1n) is 4.49. The summed E-state index contributed by atoms with van der Waals surface area (Å²) < 4.78 is 0. The summed E-state index contributed by atoms with van der Waals surface area (Å²) in [4.78, 5) is 4.57. The molecule has 12 heavy (non-hydrogen) atoms. The smallest absolute Gasteiger partial charge is 0.0897 e. The lowest BCUT2D eigenvalue weighted by Crippen LogP contribution is -2.27. The molecular weight excluding hydrogens is 148 g/mol. The van der Waals surface area contributed by atoms with E-state index < -0.39 is 0 Å². The normalized spacial score (nSPS) is 16.2. The summed E-state index contributed by atoms with van der Waals surface area (Å²) in [5, 5.41) is 0. The van der Waals surface area contributed by atoms with Crippen LogP contribution in [0.1, 0.15) is 13.8 Å². The van der Waals surface area contributed by atoms with Gasteiger partial charge in [0.1, 0.15) is 0 Å². The number of hydrogen-bond donors (Lipinski definition) is 0. The van der Waals surface area contributed by atoms with Crippen LogP contribution >= 0.6 is 0 Å². The summed E-state index contributed by atoms with van der Waals surface area (Å²) in [5.41, 5.74) is 0. The van der Waals surface area contributed by atoms with E-state index in [1.807, 2.05) is 6.08 Å². The van der Waals surface area contributed by atoms with E-state index in [9.17, 15) is 0 Å². The molecule has 0 saturated carbocycles. The van der Waals surface area contributed by atoms with Crippen molar-refractivity contribution < 1.29 is 0 Å². The first kappa shape index (κ1) is 9.17. The van der Waals surface area contributed by atoms with E-state index in [4.69, 9.17) is 0 Å². The molecule has 0 N–H and O–H groups in total. The molecule has 0 unspecified atom stereocenters. The SMILES string of the molecule is C=CCN1C=CN(CC(C)C)C1. The van der Waals surface area contributed by atoms with Gasteiger partial charge < -0.3 is 9.80 Å². The Balaban J connectivity index is 2.27. The molecule has 1 aliphatic heterocycles. The first-order valence-corrected chi connectivity index (χ1v) is 4.49. The molecule has 1 aliphatic rings. The molecule has 1 rings (SSSR count). The molecule has 2 heteroatoms. The van der Waals surface area contributed by atoms with E-state index in [2.05, 4.69) is 42.6 Å². The molecule has 1 heterocycles. The predicted octanol–water partition coefficient (Wildman–Crippen LogP) is 1.87. The van der Waals surface area contributed by atoms with Crippen molar-refractivity contribution in [3.8, 4) is 0 Å². The van der Waals surface area contributed by atoms with E-state index in [1.165, 1.54) is 0 Å². The third-order valence-electron chi connectivity index (χ3n) is 1.81. The van der Waals surface area contributed by atoms with Crippen molar-refractivity contribution in [3.63, 3.8) is 0 Å². The van der Waals surface area contributed by atoms with Crippen LogP contribution in [0, 0.1) is 5.92 Å². The molecule has 0 saturated heterocycles. The highest BCUT2D eigenvalue weighted by molar-refractivity contribution is 4.93. The Morgan fingerprint density at radius 1 is 1.42 bits per heavy atom. The van der Waals surface area contributed by atoms with Gasteiger partial charge in [-0.3, -0.25) is 0 Å². The maximum atomic E-state index is 3.72. The van der Waals surface area contributed by atoms with Crippen LogP contribution in [0.4, 0.5) is 0 Å². The highest BCUT2D eigenvalue weighted by Gasteiger charge is 2.10. The monoisotopic (exact) mass is 166 g/mol. The van der Waals surface area contributed by atoms with Crippen LogP contribution in [0.3, 0.4) is 0 Å². The summed E-state index contributed by atoms with van der Waals surface area (Å²) in [5.74, 6) is 0.735. The molecular formula is C10H18N2. The van der Waals surface area contributed by atoms with Crippen molar-refractivity contribution in [2.24, 2.45) is 5.92 Å². The third-order valence-corrected chi connectivity index (χ3v) is 1.81. The summed E-state index contributed by atoms with van der Waals surface area (Å²) in [6.07, 6.45) is 6.22. The molecule has 0 radical (unpaired) electrons. The topological polar surface area (TPSA) is 6.48 Å². The van der Waals surface area contributed by atoms with Gasteiger partial charge in [-0.1, -0.05) is 19.9 Å². The van der Waals surface area contributed by atoms with Gasteiger partial charge in [-0.05, 0) is 5.92 Å². The van der Waals surface area contributed by atoms with Crippen LogP contribution in [-0.2, 0) is 0 Å². The lowest BCUT2D eigenvalue weighted by atomic mass is 10.2. The molecule has 0 amide bonds. The minimum absolute atomic E-state index is 0.735. The van der Waals surface area contributed by atoms with Crippen LogP contribution in [-0.4, -0.2) is 29.6 Å². The van der Waals surface area contributed by atoms with Crippen molar-refractivity contribution in [2.45, 2.75) is 13.8 Å². The van der Waals surface area contributed by atoms with Gasteiger partial charge in [0.05, 0.1) is 6.67 Å². The average Bonchev–Trinajstić information content (AvgIpc) is 2.36. The van der Waals surface area contributed by atoms with Crippen LogP contribution in [0.15, 0.2) is 25.1 Å². The lowest BCUT2D eigenvalue weighted by molar-refractivity contribution is 0.259. The Bertz CT molecular complexity index is 173. The van der Waals surface area contributed by atoms with Crippen molar-refractivity contribution in [1.82, 2.24) is 9.80 Å². The Hall–Kier alpha value is -0.920. The van der Waals surface area contributed by atoms with Crippen molar-refractivity contribution >= 4 is 0 Å². The van der Waals surface area contributed by atoms with Gasteiger partial charge in [0.2, 0.25) is 0 Å². The van der Waals surface area contributed by atoms with Gasteiger partial charge in [-0.2, -0.15) is 0 Å². The molecule has 0 spiro atoms. The summed E-state index contributed by atoms with van der Waals surface area (Å²) in [6, 6.07) is 0. The average molecular weight is 166 g/mol. The lowest BCUT2D eigenvalue weighted by Gasteiger charge is -2.21. The second-order valence-corrected chi connectivity index (χ2v) is 3.66. The Kier molecular flexibility index (Phi) is 3.20. The second kappa shape index (κ2) is 4.19. The molecule has 2 nitrogen and oxygen atoms in total. The number of rotatable bonds is 4. The van der Waals surface area contributed by atoms with Gasteiger partial charge in [0.25, 0.3) is 0 Å². The van der Waals surface area contributed by atoms with Crippen LogP contribution in [0.5, 0.6) is 0 Å². The van der Waals surface area contributed by atoms with Crippen molar-refractivity contribution in [1.29, 1.82) is 0 Å². The summed E-state index contributed by atoms with van der Waals surface area (Å²) >= 11 is 0. The molecule has 0 aliphatic carbocycles. The number of hydrogen-bond acceptors (Lipinski definition) is 2. The van der Waals surface area contributed by atoms with Crippen molar-refractivity contribution in [3.05, 3.63) is 25.1 Å². The van der Waals surface area contributed by atoms with Crippen LogP contribution in [0.25, 0.3) is 0 Å². The van der Waals surface area contributed by atoms with E-state index in [0.717, 1.165) is 25.7 Å². The van der Waals surface area contributed by atoms with Crippen LogP contribution in [0.2, 0.25) is 0 Å². The van der Waals surface area contributed by atoms with Crippen molar-refractivity contribution in [2.75, 3.05) is 19.8 Å². The maximum absolute atomic E-state index is 3.72. The highest BCUT2D eigenvalue weighted by Crippen LogP contribution is 2.08. The quantitative estimate of drug-likeness (QED) is 0.588. The fourth-order valence-corrected chi connectivity index (χ4v) is 1.39. The largest absolute Gasteiger partial charge is 0.358 e. The zero-order valence-corrected chi connectivity index (χ0v) is 8.03. The van der Waals surface area contributed by atoms with Gasteiger partial charge in [-0.15, -0.1) is 6.58 Å². The Labute approximate surface area is 75.2 Å². The maximum Gasteiger partial charge on any atom is 0.0897 e. The molecule has 0 aromatic rings. The van der Waals surface area contributed by atoms with E-state index in [0.29, 0.717) is 0 Å². The summed E-state index contributed by atoms with van der Waals surface area (Å²) in [6.45, 7) is 11.3. The zero-order chi connectivity index (χ0) is 8.97. The standard InChI is InChI=1S/C10H18N2/c1-4-5-11-6-7-12(9-11)8-10(2)3/h4,6-7,10H,1,5,8-9H2,2-3H3.